The zero-order chi connectivity index (χ0) is 18.4. The Balaban J connectivity index is 1.93. The summed E-state index contributed by atoms with van der Waals surface area (Å²) in [6.07, 6.45) is 6.62. The summed E-state index contributed by atoms with van der Waals surface area (Å²) in [6.45, 7) is 6.17. The Morgan fingerprint density at radius 2 is 1.92 bits per heavy atom. The lowest BCUT2D eigenvalue weighted by atomic mass is 10.1. The summed E-state index contributed by atoms with van der Waals surface area (Å²) in [5, 5.41) is 8.38. The summed E-state index contributed by atoms with van der Waals surface area (Å²) in [5.41, 5.74) is 0.956. The van der Waals surface area contributed by atoms with Crippen molar-refractivity contribution in [3.63, 3.8) is 0 Å². The highest BCUT2D eigenvalue weighted by Gasteiger charge is 2.36. The van der Waals surface area contributed by atoms with Crippen LogP contribution in [-0.2, 0) is 22.4 Å². The molecule has 1 fully saturated rings. The Hall–Kier alpha value is -2.16. The molecule has 0 radical (unpaired) electrons. The number of carbonyl (C=O) groups is 1. The number of hydrogen-bond acceptors (Lipinski definition) is 5. The number of sulfone groups is 1. The van der Waals surface area contributed by atoms with Crippen LogP contribution in [0.3, 0.4) is 0 Å². The van der Waals surface area contributed by atoms with Crippen molar-refractivity contribution in [2.75, 3.05) is 18.1 Å². The van der Waals surface area contributed by atoms with E-state index in [0.29, 0.717) is 5.56 Å². The number of hydrogen-bond donors (Lipinski definition) is 0. The smallest absolute Gasteiger partial charge is 0.257 e. The average molecular weight is 365 g/mol. The lowest BCUT2D eigenvalue weighted by molar-refractivity contribution is 0.0697. The monoisotopic (exact) mass is 365 g/mol. The second-order valence-electron chi connectivity index (χ2n) is 7.42. The highest BCUT2D eigenvalue weighted by atomic mass is 32.2. The first-order valence-electron chi connectivity index (χ1n) is 8.12. The molecular formula is C16H23N5O3S. The molecule has 9 heteroatoms. The largest absolute Gasteiger partial charge is 0.329 e. The lowest BCUT2D eigenvalue weighted by Crippen LogP contribution is -2.46. The van der Waals surface area contributed by atoms with Crippen molar-refractivity contribution >= 4 is 15.7 Å². The first-order chi connectivity index (χ1) is 11.6. The molecule has 2 aromatic rings. The van der Waals surface area contributed by atoms with Gasteiger partial charge in [0.15, 0.2) is 9.84 Å². The molecule has 3 heterocycles. The number of carbonyl (C=O) groups excluding carboxylic acids is 1. The molecule has 0 spiro atoms. The summed E-state index contributed by atoms with van der Waals surface area (Å²) < 4.78 is 27.5. The number of amides is 1. The van der Waals surface area contributed by atoms with Crippen LogP contribution in [0.15, 0.2) is 24.8 Å². The number of aromatic nitrogens is 4. The molecule has 0 saturated carbocycles. The van der Waals surface area contributed by atoms with Crippen LogP contribution in [0, 0.1) is 0 Å². The van der Waals surface area contributed by atoms with Crippen LogP contribution < -0.4 is 0 Å². The molecule has 0 aromatic carbocycles. The molecule has 0 bridgehead atoms. The van der Waals surface area contributed by atoms with Gasteiger partial charge in [-0.15, -0.1) is 0 Å². The molecule has 1 amide bonds. The predicted octanol–water partition coefficient (Wildman–Crippen LogP) is 0.983. The molecular weight excluding hydrogens is 342 g/mol. The highest BCUT2D eigenvalue weighted by Crippen LogP contribution is 2.28. The van der Waals surface area contributed by atoms with Gasteiger partial charge in [-0.3, -0.25) is 14.2 Å². The summed E-state index contributed by atoms with van der Waals surface area (Å²) in [7, 11) is -1.42. The van der Waals surface area contributed by atoms with Crippen LogP contribution >= 0.6 is 0 Å². The van der Waals surface area contributed by atoms with E-state index in [1.165, 1.54) is 6.20 Å². The molecule has 1 aliphatic heterocycles. The SMILES string of the molecule is Cn1cc([C@H]2CS(=O)(=O)CCN2C(=O)c2cnn(C(C)(C)C)c2)cn1. The quantitative estimate of drug-likeness (QED) is 0.791. The Morgan fingerprint density at radius 3 is 2.48 bits per heavy atom. The second kappa shape index (κ2) is 5.98. The van der Waals surface area contributed by atoms with Gasteiger partial charge in [-0.25, -0.2) is 8.42 Å². The van der Waals surface area contributed by atoms with Crippen molar-refractivity contribution < 1.29 is 13.2 Å². The van der Waals surface area contributed by atoms with Gasteiger partial charge in [-0.05, 0) is 20.8 Å². The molecule has 136 valence electrons. The molecule has 0 unspecified atom stereocenters. The van der Waals surface area contributed by atoms with Crippen LogP contribution in [0.25, 0.3) is 0 Å². The molecule has 3 rings (SSSR count). The van der Waals surface area contributed by atoms with Gasteiger partial charge in [-0.1, -0.05) is 0 Å². The zero-order valence-corrected chi connectivity index (χ0v) is 15.7. The van der Waals surface area contributed by atoms with Crippen LogP contribution in [0.4, 0.5) is 0 Å². The van der Waals surface area contributed by atoms with Crippen molar-refractivity contribution in [3.8, 4) is 0 Å². The third-order valence-corrected chi connectivity index (χ3v) is 5.95. The number of aryl methyl sites for hydroxylation is 1. The van der Waals surface area contributed by atoms with E-state index in [1.807, 2.05) is 20.8 Å². The average Bonchev–Trinajstić information content (AvgIpc) is 3.14. The van der Waals surface area contributed by atoms with Crippen LogP contribution in [0.5, 0.6) is 0 Å². The lowest BCUT2D eigenvalue weighted by Gasteiger charge is -2.34. The van der Waals surface area contributed by atoms with Gasteiger partial charge in [0.2, 0.25) is 0 Å². The van der Waals surface area contributed by atoms with Gasteiger partial charge in [0.25, 0.3) is 5.91 Å². The molecule has 25 heavy (non-hydrogen) atoms. The van der Waals surface area contributed by atoms with Crippen molar-refractivity contribution in [1.29, 1.82) is 0 Å². The maximum absolute atomic E-state index is 13.0. The zero-order valence-electron chi connectivity index (χ0n) is 14.9. The Bertz CT molecular complexity index is 891. The topological polar surface area (TPSA) is 90.1 Å². The van der Waals surface area contributed by atoms with Crippen molar-refractivity contribution in [1.82, 2.24) is 24.5 Å². The third-order valence-electron chi connectivity index (χ3n) is 4.32. The van der Waals surface area contributed by atoms with Crippen LogP contribution in [0.1, 0.15) is 42.7 Å². The fourth-order valence-corrected chi connectivity index (χ4v) is 4.40. The standard InChI is InChI=1S/C16H23N5O3S/c1-16(2,3)21-10-13(8-18-21)15(22)20-5-6-25(23,24)11-14(20)12-7-17-19(4)9-12/h7-10,14H,5-6,11H2,1-4H3/t14-/m1/s1. The van der Waals surface area contributed by atoms with E-state index < -0.39 is 15.9 Å². The Labute approximate surface area is 147 Å². The molecule has 1 aliphatic rings. The third kappa shape index (κ3) is 3.60. The predicted molar refractivity (Wildman–Crippen MR) is 92.9 cm³/mol. The number of nitrogens with zero attached hydrogens (tertiary/aromatic N) is 5. The van der Waals surface area contributed by atoms with Gasteiger partial charge >= 0.3 is 0 Å². The molecule has 2 aromatic heterocycles. The molecule has 0 aliphatic carbocycles. The van der Waals surface area contributed by atoms with E-state index in [4.69, 9.17) is 0 Å². The molecule has 1 atom stereocenters. The minimum atomic E-state index is -3.19. The van der Waals surface area contributed by atoms with E-state index in [9.17, 15) is 13.2 Å². The number of rotatable bonds is 2. The summed E-state index contributed by atoms with van der Waals surface area (Å²) in [6, 6.07) is -0.530. The fourth-order valence-electron chi connectivity index (χ4n) is 2.90. The first-order valence-corrected chi connectivity index (χ1v) is 9.94. The van der Waals surface area contributed by atoms with Crippen molar-refractivity contribution in [2.45, 2.75) is 32.4 Å². The van der Waals surface area contributed by atoms with Gasteiger partial charge < -0.3 is 4.90 Å². The summed E-state index contributed by atoms with van der Waals surface area (Å²) in [5.74, 6) is -0.319. The van der Waals surface area contributed by atoms with E-state index in [2.05, 4.69) is 10.2 Å². The maximum Gasteiger partial charge on any atom is 0.257 e. The molecule has 0 N–H and O–H groups in total. The highest BCUT2D eigenvalue weighted by molar-refractivity contribution is 7.91. The molecule has 1 saturated heterocycles. The first kappa shape index (κ1) is 17.7. The van der Waals surface area contributed by atoms with Crippen molar-refractivity contribution in [2.24, 2.45) is 7.05 Å². The van der Waals surface area contributed by atoms with E-state index in [0.717, 1.165) is 5.56 Å². The minimum Gasteiger partial charge on any atom is -0.329 e. The van der Waals surface area contributed by atoms with Gasteiger partial charge in [0.1, 0.15) is 0 Å². The van der Waals surface area contributed by atoms with Gasteiger partial charge in [0.05, 0.1) is 41.0 Å². The summed E-state index contributed by atoms with van der Waals surface area (Å²) >= 11 is 0. The van der Waals surface area contributed by atoms with Gasteiger partial charge in [-0.2, -0.15) is 10.2 Å². The Kier molecular flexibility index (Phi) is 4.22. The molecule has 8 nitrogen and oxygen atoms in total. The Morgan fingerprint density at radius 1 is 1.20 bits per heavy atom. The second-order valence-corrected chi connectivity index (χ2v) is 9.65. The van der Waals surface area contributed by atoms with Crippen molar-refractivity contribution in [3.05, 3.63) is 35.9 Å². The van der Waals surface area contributed by atoms with Crippen LogP contribution in [-0.4, -0.2) is 56.8 Å². The minimum absolute atomic E-state index is 0.0249. The summed E-state index contributed by atoms with van der Waals surface area (Å²) in [4.78, 5) is 14.6. The van der Waals surface area contributed by atoms with E-state index >= 15 is 0 Å². The van der Waals surface area contributed by atoms with Crippen LogP contribution in [0.2, 0.25) is 0 Å². The fraction of sp³-hybridized carbons (Fsp3) is 0.562. The normalized spacial score (nSPS) is 20.6. The van der Waals surface area contributed by atoms with Gasteiger partial charge in [0, 0.05) is 31.5 Å². The van der Waals surface area contributed by atoms with E-state index in [-0.39, 0.29) is 29.5 Å². The van der Waals surface area contributed by atoms with E-state index in [1.54, 1.807) is 39.9 Å². The maximum atomic E-state index is 13.0.